The van der Waals surface area contributed by atoms with Crippen molar-refractivity contribution in [3.05, 3.63) is 130 Å². The molecule has 0 heterocycles. The maximum atomic E-state index is 14.5. The van der Waals surface area contributed by atoms with E-state index in [9.17, 15) is 31.2 Å². The Labute approximate surface area is 288 Å². The number of carbonyl (C=O) groups excluding carboxylic acids is 2. The van der Waals surface area contributed by atoms with Gasteiger partial charge < -0.3 is 10.2 Å². The molecule has 13 heteroatoms. The van der Waals surface area contributed by atoms with Gasteiger partial charge in [0.25, 0.3) is 10.0 Å². The minimum atomic E-state index is -4.91. The van der Waals surface area contributed by atoms with Gasteiger partial charge in [-0.2, -0.15) is 13.2 Å². The number of sulfonamides is 1. The van der Waals surface area contributed by atoms with Gasteiger partial charge in [-0.05, 0) is 59.5 Å². The first-order valence-corrected chi connectivity index (χ1v) is 17.2. The molecule has 0 aliphatic rings. The van der Waals surface area contributed by atoms with Gasteiger partial charge in [-0.1, -0.05) is 97.7 Å². The van der Waals surface area contributed by atoms with Crippen LogP contribution in [0.15, 0.2) is 108 Å². The van der Waals surface area contributed by atoms with Crippen molar-refractivity contribution < 1.29 is 31.2 Å². The van der Waals surface area contributed by atoms with Crippen molar-refractivity contribution in [2.75, 3.05) is 17.4 Å². The Morgan fingerprint density at radius 3 is 2.02 bits per heavy atom. The SMILES string of the molecule is CC(C)CNC(=O)[C@H](Cc1ccccc1)N(Cc1ccc(Cl)cc1)C(=O)CN(c1ccc(Cl)c(C(F)(F)F)c1)S(=O)(=O)c1ccccc1. The summed E-state index contributed by atoms with van der Waals surface area (Å²) in [4.78, 5) is 29.3. The summed E-state index contributed by atoms with van der Waals surface area (Å²) in [5.74, 6) is -1.21. The Morgan fingerprint density at radius 2 is 1.44 bits per heavy atom. The smallest absolute Gasteiger partial charge is 0.354 e. The van der Waals surface area contributed by atoms with Crippen LogP contribution in [0, 0.1) is 5.92 Å². The number of amides is 2. The van der Waals surface area contributed by atoms with E-state index in [-0.39, 0.29) is 23.8 Å². The number of nitrogens with one attached hydrogen (secondary N) is 1. The molecule has 0 aromatic heterocycles. The van der Waals surface area contributed by atoms with E-state index in [1.165, 1.54) is 29.2 Å². The van der Waals surface area contributed by atoms with E-state index in [4.69, 9.17) is 23.2 Å². The molecule has 7 nitrogen and oxygen atoms in total. The minimum absolute atomic E-state index is 0.0781. The number of nitrogens with zero attached hydrogens (tertiary/aromatic N) is 2. The van der Waals surface area contributed by atoms with Crippen LogP contribution < -0.4 is 9.62 Å². The largest absolute Gasteiger partial charge is 0.417 e. The van der Waals surface area contributed by atoms with Gasteiger partial charge in [0, 0.05) is 24.5 Å². The highest BCUT2D eigenvalue weighted by molar-refractivity contribution is 7.92. The molecule has 1 atom stereocenters. The van der Waals surface area contributed by atoms with Gasteiger partial charge in [-0.25, -0.2) is 8.42 Å². The number of carbonyl (C=O) groups is 2. The summed E-state index contributed by atoms with van der Waals surface area (Å²) >= 11 is 12.0. The zero-order chi connectivity index (χ0) is 35.1. The molecular formula is C35H34Cl2F3N3O4S. The van der Waals surface area contributed by atoms with Crippen molar-refractivity contribution in [1.82, 2.24) is 10.2 Å². The van der Waals surface area contributed by atoms with E-state index in [0.29, 0.717) is 27.5 Å². The Morgan fingerprint density at radius 1 is 0.833 bits per heavy atom. The molecule has 4 aromatic rings. The normalized spacial score (nSPS) is 12.4. The average molecular weight is 721 g/mol. The molecule has 4 rings (SSSR count). The second-order valence-corrected chi connectivity index (χ2v) is 14.2. The van der Waals surface area contributed by atoms with E-state index < -0.39 is 56.9 Å². The van der Waals surface area contributed by atoms with Crippen molar-refractivity contribution in [3.8, 4) is 0 Å². The maximum absolute atomic E-state index is 14.5. The fourth-order valence-corrected chi connectivity index (χ4v) is 6.67. The van der Waals surface area contributed by atoms with E-state index in [1.54, 1.807) is 54.6 Å². The van der Waals surface area contributed by atoms with Gasteiger partial charge in [-0.15, -0.1) is 0 Å². The molecule has 254 valence electrons. The first-order chi connectivity index (χ1) is 22.7. The van der Waals surface area contributed by atoms with Crippen molar-refractivity contribution in [2.24, 2.45) is 5.92 Å². The standard InChI is InChI=1S/C35H34Cl2F3N3O4S/c1-24(2)21-41-34(45)32(19-25-9-5-3-6-10-25)42(22-26-13-15-27(36)16-14-26)33(44)23-43(48(46,47)29-11-7-4-8-12-29)28-17-18-31(37)30(20-28)35(38,39)40/h3-18,20,24,32H,19,21-23H2,1-2H3,(H,41,45)/t32-/m0/s1. The van der Waals surface area contributed by atoms with Crippen LogP contribution in [0.4, 0.5) is 18.9 Å². The van der Waals surface area contributed by atoms with Crippen LogP contribution in [0.2, 0.25) is 10.0 Å². The summed E-state index contributed by atoms with van der Waals surface area (Å²) in [7, 11) is -4.61. The monoisotopic (exact) mass is 719 g/mol. The van der Waals surface area contributed by atoms with Crippen LogP contribution >= 0.6 is 23.2 Å². The Kier molecular flexibility index (Phi) is 12.2. The lowest BCUT2D eigenvalue weighted by Gasteiger charge is -2.34. The van der Waals surface area contributed by atoms with Crippen LogP contribution in [-0.4, -0.2) is 44.3 Å². The molecule has 0 fully saturated rings. The van der Waals surface area contributed by atoms with Crippen molar-refractivity contribution in [2.45, 2.75) is 43.9 Å². The second-order valence-electron chi connectivity index (χ2n) is 11.5. The lowest BCUT2D eigenvalue weighted by molar-refractivity contribution is -0.140. The summed E-state index contributed by atoms with van der Waals surface area (Å²) < 4.78 is 70.5. The van der Waals surface area contributed by atoms with Gasteiger partial charge >= 0.3 is 6.18 Å². The maximum Gasteiger partial charge on any atom is 0.417 e. The molecule has 2 amide bonds. The molecule has 0 spiro atoms. The molecule has 1 N–H and O–H groups in total. The third-order valence-corrected chi connectivity index (χ3v) is 9.74. The summed E-state index contributed by atoms with van der Waals surface area (Å²) in [6, 6.07) is 24.1. The van der Waals surface area contributed by atoms with Crippen LogP contribution in [-0.2, 0) is 38.8 Å². The number of alkyl halides is 3. The predicted molar refractivity (Wildman–Crippen MR) is 181 cm³/mol. The molecular weight excluding hydrogens is 686 g/mol. The highest BCUT2D eigenvalue weighted by Gasteiger charge is 2.37. The number of hydrogen-bond donors (Lipinski definition) is 1. The van der Waals surface area contributed by atoms with Crippen LogP contribution in [0.1, 0.15) is 30.5 Å². The van der Waals surface area contributed by atoms with Gasteiger partial charge in [0.2, 0.25) is 11.8 Å². The zero-order valence-corrected chi connectivity index (χ0v) is 28.5. The van der Waals surface area contributed by atoms with Gasteiger partial charge in [0.15, 0.2) is 0 Å². The first-order valence-electron chi connectivity index (χ1n) is 15.0. The topological polar surface area (TPSA) is 86.8 Å². The lowest BCUT2D eigenvalue weighted by Crippen LogP contribution is -2.53. The summed E-state index contributed by atoms with van der Waals surface area (Å²) in [5, 5.41) is 2.68. The third-order valence-electron chi connectivity index (χ3n) is 7.38. The van der Waals surface area contributed by atoms with Crippen LogP contribution in [0.3, 0.4) is 0 Å². The van der Waals surface area contributed by atoms with Crippen LogP contribution in [0.25, 0.3) is 0 Å². The third kappa shape index (κ3) is 9.52. The van der Waals surface area contributed by atoms with E-state index in [0.717, 1.165) is 17.7 Å². The number of rotatable bonds is 13. The molecule has 0 aliphatic carbocycles. The van der Waals surface area contributed by atoms with Gasteiger partial charge in [-0.3, -0.25) is 13.9 Å². The minimum Gasteiger partial charge on any atom is -0.354 e. The molecule has 0 unspecified atom stereocenters. The summed E-state index contributed by atoms with van der Waals surface area (Å²) in [6.45, 7) is 3.09. The Hall–Kier alpha value is -4.06. The van der Waals surface area contributed by atoms with Gasteiger partial charge in [0.05, 0.1) is 21.2 Å². The average Bonchev–Trinajstić information content (AvgIpc) is 3.05. The van der Waals surface area contributed by atoms with E-state index >= 15 is 0 Å². The van der Waals surface area contributed by atoms with E-state index in [2.05, 4.69) is 5.32 Å². The van der Waals surface area contributed by atoms with E-state index in [1.807, 2.05) is 19.9 Å². The summed E-state index contributed by atoms with van der Waals surface area (Å²) in [6.07, 6.45) is -4.83. The molecule has 0 bridgehead atoms. The molecule has 0 saturated carbocycles. The summed E-state index contributed by atoms with van der Waals surface area (Å²) in [5.41, 5.74) is -0.377. The highest BCUT2D eigenvalue weighted by Crippen LogP contribution is 2.38. The fraction of sp³-hybridized carbons (Fsp3) is 0.257. The number of hydrogen-bond acceptors (Lipinski definition) is 4. The quantitative estimate of drug-likeness (QED) is 0.154. The second kappa shape index (κ2) is 15.9. The number of halogens is 5. The molecule has 0 radical (unpaired) electrons. The first kappa shape index (κ1) is 36.8. The predicted octanol–water partition coefficient (Wildman–Crippen LogP) is 7.62. The molecule has 4 aromatic carbocycles. The van der Waals surface area contributed by atoms with Crippen molar-refractivity contribution in [3.63, 3.8) is 0 Å². The Balaban J connectivity index is 1.85. The lowest BCUT2D eigenvalue weighted by atomic mass is 10.0. The van der Waals surface area contributed by atoms with Crippen molar-refractivity contribution in [1.29, 1.82) is 0 Å². The molecule has 0 aliphatic heterocycles. The zero-order valence-electron chi connectivity index (χ0n) is 26.1. The van der Waals surface area contributed by atoms with Crippen molar-refractivity contribution >= 4 is 50.7 Å². The number of benzene rings is 4. The fourth-order valence-electron chi connectivity index (χ4n) is 4.90. The number of anilines is 1. The highest BCUT2D eigenvalue weighted by atomic mass is 35.5. The van der Waals surface area contributed by atoms with Gasteiger partial charge in [0.1, 0.15) is 12.6 Å². The molecule has 0 saturated heterocycles. The van der Waals surface area contributed by atoms with Crippen LogP contribution in [0.5, 0.6) is 0 Å². The molecule has 48 heavy (non-hydrogen) atoms. The Bertz CT molecular complexity index is 1810.